The van der Waals surface area contributed by atoms with E-state index in [0.29, 0.717) is 22.9 Å². The first-order valence-electron chi connectivity index (χ1n) is 6.74. The van der Waals surface area contributed by atoms with Crippen LogP contribution >= 0.6 is 23.2 Å². The highest BCUT2D eigenvalue weighted by atomic mass is 35.5. The van der Waals surface area contributed by atoms with Crippen molar-refractivity contribution in [1.29, 1.82) is 0 Å². The van der Waals surface area contributed by atoms with E-state index >= 15 is 0 Å². The Morgan fingerprint density at radius 3 is 2.43 bits per heavy atom. The summed E-state index contributed by atoms with van der Waals surface area (Å²) >= 11 is 11.8. The van der Waals surface area contributed by atoms with Gasteiger partial charge in [0.25, 0.3) is 0 Å². The predicted molar refractivity (Wildman–Crippen MR) is 83.2 cm³/mol. The molecular weight excluding hydrogens is 316 g/mol. The van der Waals surface area contributed by atoms with Crippen LogP contribution in [0.4, 0.5) is 4.39 Å². The SMILES string of the molecule is COC(=O)C(CC(C)C)NC(C)c1cc(F)c(Cl)cc1Cl. The van der Waals surface area contributed by atoms with Crippen molar-refractivity contribution in [1.82, 2.24) is 5.32 Å². The van der Waals surface area contributed by atoms with Crippen molar-refractivity contribution in [3.05, 3.63) is 33.6 Å². The zero-order valence-electron chi connectivity index (χ0n) is 12.5. The minimum absolute atomic E-state index is 0.0253. The molecule has 1 rings (SSSR count). The van der Waals surface area contributed by atoms with Gasteiger partial charge in [0.15, 0.2) is 0 Å². The average Bonchev–Trinajstić information content (AvgIpc) is 2.40. The first kappa shape index (κ1) is 18.2. The third-order valence-electron chi connectivity index (χ3n) is 3.15. The number of nitrogens with one attached hydrogen (secondary N) is 1. The van der Waals surface area contributed by atoms with E-state index < -0.39 is 11.9 Å². The molecule has 3 nitrogen and oxygen atoms in total. The molecule has 0 aliphatic rings. The molecule has 0 spiro atoms. The molecule has 0 aromatic heterocycles. The normalized spacial score (nSPS) is 14.1. The Hall–Kier alpha value is -0.840. The minimum atomic E-state index is -0.539. The van der Waals surface area contributed by atoms with Gasteiger partial charge in [0.05, 0.1) is 12.1 Å². The molecule has 2 atom stereocenters. The number of halogens is 3. The van der Waals surface area contributed by atoms with Gasteiger partial charge < -0.3 is 4.74 Å². The van der Waals surface area contributed by atoms with Crippen molar-refractivity contribution >= 4 is 29.2 Å². The monoisotopic (exact) mass is 335 g/mol. The highest BCUT2D eigenvalue weighted by molar-refractivity contribution is 6.35. The zero-order chi connectivity index (χ0) is 16.2. The van der Waals surface area contributed by atoms with Crippen molar-refractivity contribution in [2.45, 2.75) is 39.3 Å². The number of methoxy groups -OCH3 is 1. The second-order valence-corrected chi connectivity index (χ2v) is 6.20. The lowest BCUT2D eigenvalue weighted by molar-refractivity contribution is -0.143. The number of hydrogen-bond donors (Lipinski definition) is 1. The standard InChI is InChI=1S/C15H20Cl2FNO2/c1-8(2)5-14(15(20)21-4)19-9(3)10-6-13(18)12(17)7-11(10)16/h6-9,14,19H,5H2,1-4H3. The fourth-order valence-electron chi connectivity index (χ4n) is 2.11. The predicted octanol–water partition coefficient (Wildman–Crippen LogP) is 4.37. The summed E-state index contributed by atoms with van der Waals surface area (Å²) in [6.45, 7) is 5.83. The molecule has 0 aliphatic carbocycles. The third kappa shape index (κ3) is 5.13. The highest BCUT2D eigenvalue weighted by Crippen LogP contribution is 2.29. The van der Waals surface area contributed by atoms with E-state index in [2.05, 4.69) is 5.32 Å². The van der Waals surface area contributed by atoms with Gasteiger partial charge in [0, 0.05) is 11.1 Å². The Labute approximate surface area is 134 Å². The van der Waals surface area contributed by atoms with Crippen LogP contribution in [0.25, 0.3) is 0 Å². The Morgan fingerprint density at radius 1 is 1.29 bits per heavy atom. The maximum absolute atomic E-state index is 13.6. The molecule has 6 heteroatoms. The maximum Gasteiger partial charge on any atom is 0.322 e. The van der Waals surface area contributed by atoms with Gasteiger partial charge in [-0.2, -0.15) is 0 Å². The Morgan fingerprint density at radius 2 is 1.90 bits per heavy atom. The van der Waals surface area contributed by atoms with Gasteiger partial charge in [0.1, 0.15) is 11.9 Å². The van der Waals surface area contributed by atoms with E-state index in [4.69, 9.17) is 27.9 Å². The van der Waals surface area contributed by atoms with E-state index in [9.17, 15) is 9.18 Å². The van der Waals surface area contributed by atoms with Gasteiger partial charge >= 0.3 is 5.97 Å². The van der Waals surface area contributed by atoms with Crippen molar-refractivity contribution in [3.63, 3.8) is 0 Å². The topological polar surface area (TPSA) is 38.3 Å². The first-order chi connectivity index (χ1) is 9.76. The Kier molecular flexibility index (Phi) is 6.91. The van der Waals surface area contributed by atoms with Gasteiger partial charge in [-0.1, -0.05) is 37.0 Å². The minimum Gasteiger partial charge on any atom is -0.468 e. The van der Waals surface area contributed by atoms with Gasteiger partial charge in [-0.25, -0.2) is 4.39 Å². The van der Waals surface area contributed by atoms with Crippen LogP contribution in [0.1, 0.15) is 38.8 Å². The second-order valence-electron chi connectivity index (χ2n) is 5.38. The number of benzene rings is 1. The number of hydrogen-bond acceptors (Lipinski definition) is 3. The van der Waals surface area contributed by atoms with Crippen LogP contribution in [0.15, 0.2) is 12.1 Å². The fraction of sp³-hybridized carbons (Fsp3) is 0.533. The van der Waals surface area contributed by atoms with Crippen molar-refractivity contribution < 1.29 is 13.9 Å². The van der Waals surface area contributed by atoms with Gasteiger partial charge in [0.2, 0.25) is 0 Å². The third-order valence-corrected chi connectivity index (χ3v) is 3.77. The van der Waals surface area contributed by atoms with Crippen molar-refractivity contribution in [3.8, 4) is 0 Å². The lowest BCUT2D eigenvalue weighted by Gasteiger charge is -2.24. The molecule has 0 bridgehead atoms. The number of ether oxygens (including phenoxy) is 1. The summed E-state index contributed by atoms with van der Waals surface area (Å²) < 4.78 is 18.4. The molecule has 0 saturated heterocycles. The first-order valence-corrected chi connectivity index (χ1v) is 7.50. The lowest BCUT2D eigenvalue weighted by Crippen LogP contribution is -2.40. The van der Waals surface area contributed by atoms with E-state index in [0.717, 1.165) is 0 Å². The van der Waals surface area contributed by atoms with E-state index in [-0.39, 0.29) is 17.0 Å². The average molecular weight is 336 g/mol. The van der Waals surface area contributed by atoms with Crippen LogP contribution in [-0.4, -0.2) is 19.1 Å². The summed E-state index contributed by atoms with van der Waals surface area (Å²) in [4.78, 5) is 11.8. The molecule has 0 saturated carbocycles. The molecule has 0 heterocycles. The molecule has 0 radical (unpaired) electrons. The van der Waals surface area contributed by atoms with Crippen LogP contribution in [-0.2, 0) is 9.53 Å². The number of esters is 1. The summed E-state index contributed by atoms with van der Waals surface area (Å²) in [5.41, 5.74) is 0.552. The van der Waals surface area contributed by atoms with Crippen LogP contribution in [0.3, 0.4) is 0 Å². The molecule has 0 aliphatic heterocycles. The summed E-state index contributed by atoms with van der Waals surface area (Å²) in [6, 6.07) is 1.86. The van der Waals surface area contributed by atoms with Crippen LogP contribution in [0, 0.1) is 11.7 Å². The smallest absolute Gasteiger partial charge is 0.322 e. The molecule has 0 amide bonds. The molecule has 2 unspecified atom stereocenters. The molecule has 21 heavy (non-hydrogen) atoms. The van der Waals surface area contributed by atoms with Gasteiger partial charge in [-0.15, -0.1) is 0 Å². The van der Waals surface area contributed by atoms with E-state index in [1.165, 1.54) is 19.2 Å². The van der Waals surface area contributed by atoms with Gasteiger partial charge in [-0.05, 0) is 37.0 Å². The molecule has 1 N–H and O–H groups in total. The molecule has 118 valence electrons. The van der Waals surface area contributed by atoms with E-state index in [1.54, 1.807) is 0 Å². The second kappa shape index (κ2) is 7.97. The van der Waals surface area contributed by atoms with Crippen LogP contribution in [0.2, 0.25) is 10.0 Å². The molecule has 1 aromatic carbocycles. The molecule has 0 fully saturated rings. The quantitative estimate of drug-likeness (QED) is 0.619. The highest BCUT2D eigenvalue weighted by Gasteiger charge is 2.24. The van der Waals surface area contributed by atoms with Crippen molar-refractivity contribution in [2.24, 2.45) is 5.92 Å². The fourth-order valence-corrected chi connectivity index (χ4v) is 2.65. The molecular formula is C15H20Cl2FNO2. The van der Waals surface area contributed by atoms with Crippen LogP contribution < -0.4 is 5.32 Å². The lowest BCUT2D eigenvalue weighted by atomic mass is 10.0. The summed E-state index contributed by atoms with van der Waals surface area (Å²) in [5, 5.41) is 3.46. The molecule has 1 aromatic rings. The zero-order valence-corrected chi connectivity index (χ0v) is 14.1. The summed E-state index contributed by atoms with van der Waals surface area (Å²) in [5.74, 6) is -0.574. The summed E-state index contributed by atoms with van der Waals surface area (Å²) in [7, 11) is 1.34. The number of carbonyl (C=O) groups is 1. The van der Waals surface area contributed by atoms with Crippen molar-refractivity contribution in [2.75, 3.05) is 7.11 Å². The van der Waals surface area contributed by atoms with Gasteiger partial charge in [-0.3, -0.25) is 10.1 Å². The largest absolute Gasteiger partial charge is 0.468 e. The maximum atomic E-state index is 13.6. The Balaban J connectivity index is 2.93. The van der Waals surface area contributed by atoms with Crippen LogP contribution in [0.5, 0.6) is 0 Å². The van der Waals surface area contributed by atoms with E-state index in [1.807, 2.05) is 20.8 Å². The number of rotatable bonds is 6. The Bertz CT molecular complexity index is 509. The summed E-state index contributed by atoms with van der Waals surface area (Å²) in [6.07, 6.45) is 0.616. The number of carbonyl (C=O) groups excluding carboxylic acids is 1.